The molecule has 3 atom stereocenters. The van der Waals surface area contributed by atoms with E-state index in [-0.39, 0.29) is 38.2 Å². The molecular formula is C25H28N2O6. The maximum atomic E-state index is 12.7. The van der Waals surface area contributed by atoms with Gasteiger partial charge >= 0.3 is 12.1 Å². The van der Waals surface area contributed by atoms with Gasteiger partial charge in [-0.05, 0) is 22.3 Å². The van der Waals surface area contributed by atoms with Crippen molar-refractivity contribution in [1.82, 2.24) is 10.2 Å². The summed E-state index contributed by atoms with van der Waals surface area (Å²) >= 11 is 0. The Morgan fingerprint density at radius 3 is 2.30 bits per heavy atom. The largest absolute Gasteiger partial charge is 0.481 e. The number of nitrogens with one attached hydrogen (secondary N) is 1. The summed E-state index contributed by atoms with van der Waals surface area (Å²) in [5, 5.41) is 12.0. The zero-order valence-corrected chi connectivity index (χ0v) is 18.7. The van der Waals surface area contributed by atoms with Crippen molar-refractivity contribution in [2.45, 2.75) is 18.9 Å². The van der Waals surface area contributed by atoms with Gasteiger partial charge < -0.3 is 24.8 Å². The Bertz CT molecular complexity index is 1010. The zero-order valence-electron chi connectivity index (χ0n) is 18.7. The SMILES string of the molecule is CC(CNC(=O)OCC1c2ccccc2-c2ccccc21)C(=O)N(C)C1COCC1C(=O)O. The monoisotopic (exact) mass is 452 g/mol. The number of nitrogens with zero attached hydrogens (tertiary/aromatic N) is 1. The van der Waals surface area contributed by atoms with Gasteiger partial charge in [-0.2, -0.15) is 0 Å². The predicted octanol–water partition coefficient (Wildman–Crippen LogP) is 2.72. The zero-order chi connectivity index (χ0) is 23.5. The second kappa shape index (κ2) is 9.62. The minimum absolute atomic E-state index is 0.0383. The summed E-state index contributed by atoms with van der Waals surface area (Å²) < 4.78 is 10.8. The number of carbonyl (C=O) groups is 3. The van der Waals surface area contributed by atoms with Crippen LogP contribution in [0.1, 0.15) is 24.0 Å². The van der Waals surface area contributed by atoms with Crippen LogP contribution in [0, 0.1) is 11.8 Å². The molecule has 1 saturated heterocycles. The molecule has 1 aliphatic heterocycles. The van der Waals surface area contributed by atoms with Crippen LogP contribution in [0.25, 0.3) is 11.1 Å². The Morgan fingerprint density at radius 2 is 1.70 bits per heavy atom. The van der Waals surface area contributed by atoms with Gasteiger partial charge in [0.15, 0.2) is 0 Å². The highest BCUT2D eigenvalue weighted by Crippen LogP contribution is 2.44. The van der Waals surface area contributed by atoms with Gasteiger partial charge in [0.2, 0.25) is 5.91 Å². The van der Waals surface area contributed by atoms with Crippen LogP contribution in [-0.2, 0) is 19.1 Å². The standard InChI is InChI=1S/C25H28N2O6/c1-15(23(28)27(2)22-14-32-12-21(22)24(29)30)11-26-25(31)33-13-20-18-9-5-3-7-16(18)17-8-4-6-10-19(17)20/h3-10,15,20-22H,11-14H2,1-2H3,(H,26,31)(H,29,30). The molecule has 0 saturated carbocycles. The number of benzene rings is 2. The van der Waals surface area contributed by atoms with Gasteiger partial charge in [0.25, 0.3) is 0 Å². The van der Waals surface area contributed by atoms with Crippen LogP contribution in [0.2, 0.25) is 0 Å². The summed E-state index contributed by atoms with van der Waals surface area (Å²) in [7, 11) is 1.57. The van der Waals surface area contributed by atoms with Crippen molar-refractivity contribution < 1.29 is 29.0 Å². The average Bonchev–Trinajstić information content (AvgIpc) is 3.44. The quantitative estimate of drug-likeness (QED) is 0.669. The van der Waals surface area contributed by atoms with E-state index >= 15 is 0 Å². The number of fused-ring (bicyclic) bond motifs is 3. The van der Waals surface area contributed by atoms with Gasteiger partial charge in [-0.15, -0.1) is 0 Å². The van der Waals surface area contributed by atoms with Crippen molar-refractivity contribution in [3.8, 4) is 11.1 Å². The van der Waals surface area contributed by atoms with Crippen LogP contribution in [0.3, 0.4) is 0 Å². The maximum Gasteiger partial charge on any atom is 0.407 e. The number of carboxylic acid groups (broad SMARTS) is 1. The molecule has 2 aromatic rings. The average molecular weight is 453 g/mol. The summed E-state index contributed by atoms with van der Waals surface area (Å²) in [6.45, 7) is 2.25. The summed E-state index contributed by atoms with van der Waals surface area (Å²) in [6.07, 6.45) is -0.591. The lowest BCUT2D eigenvalue weighted by atomic mass is 9.98. The van der Waals surface area contributed by atoms with E-state index in [9.17, 15) is 19.5 Å². The van der Waals surface area contributed by atoms with Crippen molar-refractivity contribution in [2.24, 2.45) is 11.8 Å². The van der Waals surface area contributed by atoms with Gasteiger partial charge in [0.05, 0.1) is 25.2 Å². The van der Waals surface area contributed by atoms with E-state index in [2.05, 4.69) is 29.6 Å². The Morgan fingerprint density at radius 1 is 1.09 bits per heavy atom. The topological polar surface area (TPSA) is 105 Å². The molecule has 8 nitrogen and oxygen atoms in total. The number of rotatable bonds is 7. The molecule has 33 heavy (non-hydrogen) atoms. The van der Waals surface area contributed by atoms with E-state index in [0.717, 1.165) is 22.3 Å². The molecule has 1 fully saturated rings. The highest BCUT2D eigenvalue weighted by Gasteiger charge is 2.39. The number of likely N-dealkylation sites (N-methyl/N-ethyl adjacent to an activating group) is 1. The normalized spacial score (nSPS) is 19.9. The predicted molar refractivity (Wildman–Crippen MR) is 121 cm³/mol. The fourth-order valence-electron chi connectivity index (χ4n) is 4.64. The Balaban J connectivity index is 1.30. The number of alkyl carbamates (subject to hydrolysis) is 1. The van der Waals surface area contributed by atoms with Crippen molar-refractivity contribution in [3.63, 3.8) is 0 Å². The first-order valence-electron chi connectivity index (χ1n) is 11.0. The molecule has 1 heterocycles. The summed E-state index contributed by atoms with van der Waals surface area (Å²) in [5.41, 5.74) is 4.56. The molecule has 2 N–H and O–H groups in total. The van der Waals surface area contributed by atoms with Crippen LogP contribution in [0.4, 0.5) is 4.79 Å². The summed E-state index contributed by atoms with van der Waals surface area (Å²) in [5.74, 6) is -2.56. The molecule has 2 aromatic carbocycles. The van der Waals surface area contributed by atoms with Crippen molar-refractivity contribution >= 4 is 18.0 Å². The molecule has 2 aliphatic rings. The molecular weight excluding hydrogens is 424 g/mol. The lowest BCUT2D eigenvalue weighted by molar-refractivity contribution is -0.145. The number of ether oxygens (including phenoxy) is 2. The smallest absolute Gasteiger partial charge is 0.407 e. The second-order valence-corrected chi connectivity index (χ2v) is 8.61. The molecule has 0 bridgehead atoms. The van der Waals surface area contributed by atoms with E-state index in [1.807, 2.05) is 24.3 Å². The number of amides is 2. The van der Waals surface area contributed by atoms with Crippen molar-refractivity contribution in [3.05, 3.63) is 59.7 Å². The van der Waals surface area contributed by atoms with Crippen LogP contribution >= 0.6 is 0 Å². The van der Waals surface area contributed by atoms with Crippen LogP contribution in [-0.4, -0.2) is 67.4 Å². The first-order valence-corrected chi connectivity index (χ1v) is 11.0. The molecule has 174 valence electrons. The molecule has 0 radical (unpaired) electrons. The maximum absolute atomic E-state index is 12.7. The molecule has 2 amide bonds. The lowest BCUT2D eigenvalue weighted by Gasteiger charge is -2.28. The molecule has 8 heteroatoms. The van der Waals surface area contributed by atoms with Crippen molar-refractivity contribution in [1.29, 1.82) is 0 Å². The van der Waals surface area contributed by atoms with E-state index in [1.54, 1.807) is 14.0 Å². The highest BCUT2D eigenvalue weighted by atomic mass is 16.5. The van der Waals surface area contributed by atoms with Gasteiger partial charge in [0, 0.05) is 19.5 Å². The van der Waals surface area contributed by atoms with Crippen molar-refractivity contribution in [2.75, 3.05) is 33.4 Å². The van der Waals surface area contributed by atoms with E-state index < -0.39 is 29.9 Å². The highest BCUT2D eigenvalue weighted by molar-refractivity contribution is 5.81. The third kappa shape index (κ3) is 4.57. The van der Waals surface area contributed by atoms with E-state index in [1.165, 1.54) is 4.90 Å². The first-order chi connectivity index (χ1) is 15.9. The Kier molecular flexibility index (Phi) is 6.65. The number of carbonyl (C=O) groups excluding carboxylic acids is 2. The minimum Gasteiger partial charge on any atom is -0.481 e. The fraction of sp³-hybridized carbons (Fsp3) is 0.400. The van der Waals surface area contributed by atoms with Crippen LogP contribution in [0.5, 0.6) is 0 Å². The third-order valence-corrected chi connectivity index (χ3v) is 6.53. The summed E-state index contributed by atoms with van der Waals surface area (Å²) in [4.78, 5) is 37.9. The molecule has 0 spiro atoms. The molecule has 4 rings (SSSR count). The van der Waals surface area contributed by atoms with Gasteiger partial charge in [-0.25, -0.2) is 4.79 Å². The van der Waals surface area contributed by atoms with E-state index in [4.69, 9.17) is 9.47 Å². The van der Waals surface area contributed by atoms with Gasteiger partial charge in [-0.3, -0.25) is 9.59 Å². The second-order valence-electron chi connectivity index (χ2n) is 8.61. The number of carboxylic acids is 1. The molecule has 0 aromatic heterocycles. The van der Waals surface area contributed by atoms with Crippen LogP contribution < -0.4 is 5.32 Å². The summed E-state index contributed by atoms with van der Waals surface area (Å²) in [6, 6.07) is 15.7. The Hall–Kier alpha value is -3.39. The fourth-order valence-corrected chi connectivity index (χ4v) is 4.64. The number of hydrogen-bond donors (Lipinski definition) is 2. The first kappa shape index (κ1) is 22.8. The molecule has 1 aliphatic carbocycles. The van der Waals surface area contributed by atoms with Crippen LogP contribution in [0.15, 0.2) is 48.5 Å². The lowest BCUT2D eigenvalue weighted by Crippen LogP contribution is -2.47. The Labute approximate surface area is 192 Å². The molecule has 3 unspecified atom stereocenters. The van der Waals surface area contributed by atoms with Gasteiger partial charge in [0.1, 0.15) is 12.5 Å². The number of aliphatic carboxylic acids is 1. The minimum atomic E-state index is -0.985. The third-order valence-electron chi connectivity index (χ3n) is 6.53. The van der Waals surface area contributed by atoms with Gasteiger partial charge in [-0.1, -0.05) is 55.5 Å². The number of hydrogen-bond acceptors (Lipinski definition) is 5. The van der Waals surface area contributed by atoms with E-state index in [0.29, 0.717) is 0 Å².